The van der Waals surface area contributed by atoms with Crippen LogP contribution >= 0.6 is 0 Å². The van der Waals surface area contributed by atoms with Crippen LogP contribution in [0, 0.1) is 17.5 Å². The molecule has 3 heterocycles. The molecule has 12 heteroatoms. The lowest BCUT2D eigenvalue weighted by molar-refractivity contribution is 0.186. The molecule has 1 amide bonds. The van der Waals surface area contributed by atoms with Gasteiger partial charge in [-0.2, -0.15) is 5.21 Å². The lowest BCUT2D eigenvalue weighted by atomic mass is 9.80. The van der Waals surface area contributed by atoms with E-state index in [1.54, 1.807) is 22.7 Å². The van der Waals surface area contributed by atoms with Gasteiger partial charge < -0.3 is 14.8 Å². The molecule has 0 saturated heterocycles. The van der Waals surface area contributed by atoms with Crippen LogP contribution in [-0.4, -0.2) is 47.3 Å². The quantitative estimate of drug-likeness (QED) is 0.430. The number of nitrogens with zero attached hydrogens (tertiary/aromatic N) is 5. The average molecular weight is 429 g/mol. The second-order valence-corrected chi connectivity index (χ2v) is 7.24. The third-order valence-corrected chi connectivity index (χ3v) is 5.47. The summed E-state index contributed by atoms with van der Waals surface area (Å²) in [6.07, 6.45) is 0.785. The summed E-state index contributed by atoms with van der Waals surface area (Å²) in [5, 5.41) is 25.4. The molecule has 0 unspecified atom stereocenters. The summed E-state index contributed by atoms with van der Waals surface area (Å²) < 4.78 is 43.5. The van der Waals surface area contributed by atoms with Crippen molar-refractivity contribution in [2.24, 2.45) is 0 Å². The fourth-order valence-corrected chi connectivity index (χ4v) is 4.11. The molecule has 158 valence electrons. The van der Waals surface area contributed by atoms with Gasteiger partial charge in [-0.1, -0.05) is 0 Å². The number of fused-ring (bicyclic) bond motifs is 3. The molecule has 31 heavy (non-hydrogen) atoms. The molecule has 3 aromatic heterocycles. The van der Waals surface area contributed by atoms with Gasteiger partial charge in [-0.05, 0) is 29.0 Å². The van der Waals surface area contributed by atoms with Crippen molar-refractivity contribution in [2.75, 3.05) is 0 Å². The number of hydrogen-bond acceptors (Lipinski definition) is 5. The van der Waals surface area contributed by atoms with E-state index in [4.69, 9.17) is 0 Å². The summed E-state index contributed by atoms with van der Waals surface area (Å²) in [5.41, 5.74) is 2.49. The number of H-pyrrole nitrogens is 1. The first-order valence-electron chi connectivity index (χ1n) is 9.28. The summed E-state index contributed by atoms with van der Waals surface area (Å²) in [5.74, 6) is -3.82. The fourth-order valence-electron chi connectivity index (χ4n) is 4.11. The second kappa shape index (κ2) is 7.07. The average Bonchev–Trinajstić information content (AvgIpc) is 3.37. The lowest BCUT2D eigenvalue weighted by Crippen LogP contribution is -2.43. The Morgan fingerprint density at radius 2 is 1.97 bits per heavy atom. The van der Waals surface area contributed by atoms with Crippen LogP contribution in [0.15, 0.2) is 30.5 Å². The standard InChI is InChI=1S/C19H14F3N7O2/c20-11-6-13(22)12(21)4-9(11)10-5-15-16(7-14(10)24-19(30)31)29-2-1-8(3-17(29)23-15)18-25-27-28-26-18/h1-4,6,10,14,24H,5,7H2,(H,30,31)(H,25,26,27,28)/t10-,14+/m1/s1. The number of amides is 1. The number of benzene rings is 1. The fraction of sp³-hybridized carbons (Fsp3) is 0.211. The molecule has 2 atom stereocenters. The third-order valence-electron chi connectivity index (χ3n) is 5.47. The van der Waals surface area contributed by atoms with Crippen LogP contribution in [0.2, 0.25) is 0 Å². The molecule has 0 radical (unpaired) electrons. The number of nitrogens with one attached hydrogen (secondary N) is 2. The van der Waals surface area contributed by atoms with Crippen LogP contribution in [0.3, 0.4) is 0 Å². The first-order valence-corrected chi connectivity index (χ1v) is 9.28. The highest BCUT2D eigenvalue weighted by Crippen LogP contribution is 2.35. The highest BCUT2D eigenvalue weighted by atomic mass is 19.2. The summed E-state index contributed by atoms with van der Waals surface area (Å²) >= 11 is 0. The number of imidazole rings is 1. The maximum absolute atomic E-state index is 14.5. The zero-order chi connectivity index (χ0) is 21.7. The molecule has 0 bridgehead atoms. The number of carboxylic acid groups (broad SMARTS) is 1. The van der Waals surface area contributed by atoms with Crippen molar-refractivity contribution >= 4 is 11.7 Å². The molecule has 1 aromatic carbocycles. The van der Waals surface area contributed by atoms with Crippen LogP contribution in [0.25, 0.3) is 17.0 Å². The third kappa shape index (κ3) is 3.25. The van der Waals surface area contributed by atoms with Crippen molar-refractivity contribution in [3.05, 3.63) is 64.9 Å². The zero-order valence-corrected chi connectivity index (χ0v) is 15.7. The van der Waals surface area contributed by atoms with Gasteiger partial charge in [0.25, 0.3) is 0 Å². The van der Waals surface area contributed by atoms with Crippen molar-refractivity contribution in [3.8, 4) is 11.4 Å². The summed E-state index contributed by atoms with van der Waals surface area (Å²) in [6.45, 7) is 0. The molecule has 0 aliphatic heterocycles. The Labute approximate surface area is 171 Å². The smallest absolute Gasteiger partial charge is 0.404 e. The predicted octanol–water partition coefficient (Wildman–Crippen LogP) is 2.45. The number of aromatic amines is 1. The van der Waals surface area contributed by atoms with E-state index in [-0.39, 0.29) is 18.4 Å². The van der Waals surface area contributed by atoms with E-state index < -0.39 is 35.5 Å². The van der Waals surface area contributed by atoms with Crippen LogP contribution in [0.4, 0.5) is 18.0 Å². The van der Waals surface area contributed by atoms with E-state index in [9.17, 15) is 23.1 Å². The molecule has 5 rings (SSSR count). The first kappa shape index (κ1) is 19.0. The Bertz CT molecular complexity index is 1310. The molecule has 1 aliphatic carbocycles. The molecular formula is C19H14F3N7O2. The number of halogens is 3. The topological polar surface area (TPSA) is 121 Å². The molecule has 3 N–H and O–H groups in total. The normalized spacial score (nSPS) is 18.2. The molecule has 1 aliphatic rings. The first-order chi connectivity index (χ1) is 14.9. The number of carbonyl (C=O) groups is 1. The van der Waals surface area contributed by atoms with Crippen LogP contribution in [0.1, 0.15) is 22.9 Å². The van der Waals surface area contributed by atoms with Crippen molar-refractivity contribution in [3.63, 3.8) is 0 Å². The van der Waals surface area contributed by atoms with Crippen molar-refractivity contribution in [1.29, 1.82) is 0 Å². The molecule has 0 spiro atoms. The zero-order valence-electron chi connectivity index (χ0n) is 15.7. The predicted molar refractivity (Wildman–Crippen MR) is 99.8 cm³/mol. The number of rotatable bonds is 3. The number of hydrogen-bond donors (Lipinski definition) is 3. The Kier molecular flexibility index (Phi) is 4.34. The van der Waals surface area contributed by atoms with Crippen LogP contribution in [-0.2, 0) is 12.8 Å². The minimum Gasteiger partial charge on any atom is -0.465 e. The summed E-state index contributed by atoms with van der Waals surface area (Å²) in [6, 6.07) is 4.00. The highest BCUT2D eigenvalue weighted by molar-refractivity contribution is 5.66. The van der Waals surface area contributed by atoms with Crippen molar-refractivity contribution < 1.29 is 23.1 Å². The maximum Gasteiger partial charge on any atom is 0.404 e. The minimum absolute atomic E-state index is 0.104. The van der Waals surface area contributed by atoms with Gasteiger partial charge in [-0.25, -0.2) is 22.9 Å². The molecule has 0 saturated carbocycles. The van der Waals surface area contributed by atoms with E-state index in [1.165, 1.54) is 0 Å². The molecule has 0 fully saturated rings. The van der Waals surface area contributed by atoms with E-state index >= 15 is 0 Å². The highest BCUT2D eigenvalue weighted by Gasteiger charge is 2.35. The molecule has 9 nitrogen and oxygen atoms in total. The van der Waals surface area contributed by atoms with Crippen LogP contribution in [0.5, 0.6) is 0 Å². The van der Waals surface area contributed by atoms with Gasteiger partial charge in [0.1, 0.15) is 11.5 Å². The van der Waals surface area contributed by atoms with E-state index in [2.05, 4.69) is 30.9 Å². The number of aromatic nitrogens is 6. The van der Waals surface area contributed by atoms with Crippen molar-refractivity contribution in [2.45, 2.75) is 24.8 Å². The van der Waals surface area contributed by atoms with Gasteiger partial charge in [-0.3, -0.25) is 0 Å². The van der Waals surface area contributed by atoms with Gasteiger partial charge in [0.05, 0.1) is 5.69 Å². The lowest BCUT2D eigenvalue weighted by Gasteiger charge is -2.31. The van der Waals surface area contributed by atoms with E-state index in [0.717, 1.165) is 11.8 Å². The molecular weight excluding hydrogens is 415 g/mol. The van der Waals surface area contributed by atoms with Gasteiger partial charge in [0, 0.05) is 48.3 Å². The minimum atomic E-state index is -1.30. The maximum atomic E-state index is 14.5. The Balaban J connectivity index is 1.59. The van der Waals surface area contributed by atoms with Crippen molar-refractivity contribution in [1.82, 2.24) is 35.3 Å². The second-order valence-electron chi connectivity index (χ2n) is 7.24. The van der Waals surface area contributed by atoms with Gasteiger partial charge in [0.15, 0.2) is 11.6 Å². The number of pyridine rings is 1. The monoisotopic (exact) mass is 429 g/mol. The summed E-state index contributed by atoms with van der Waals surface area (Å²) in [4.78, 5) is 16.0. The summed E-state index contributed by atoms with van der Waals surface area (Å²) in [7, 11) is 0. The Hall–Kier alpha value is -3.96. The largest absolute Gasteiger partial charge is 0.465 e. The number of tetrazole rings is 1. The van der Waals surface area contributed by atoms with E-state index in [0.29, 0.717) is 28.8 Å². The van der Waals surface area contributed by atoms with Gasteiger partial charge in [0.2, 0.25) is 5.82 Å². The van der Waals surface area contributed by atoms with E-state index in [1.807, 2.05) is 0 Å². The van der Waals surface area contributed by atoms with Crippen LogP contribution < -0.4 is 5.32 Å². The van der Waals surface area contributed by atoms with Gasteiger partial charge in [-0.15, -0.1) is 10.2 Å². The van der Waals surface area contributed by atoms with Gasteiger partial charge >= 0.3 is 6.09 Å². The SMILES string of the molecule is O=C(O)N[C@H]1Cc2c(nc3cc(-c4nn[nH]n4)ccn23)C[C@@H]1c1cc(F)c(F)cc1F. The Morgan fingerprint density at radius 3 is 2.71 bits per heavy atom. The molecule has 4 aromatic rings. The Morgan fingerprint density at radius 1 is 1.16 bits per heavy atom.